The fourth-order valence-electron chi connectivity index (χ4n) is 1.38. The van der Waals surface area contributed by atoms with Crippen molar-refractivity contribution < 1.29 is 4.74 Å². The fourth-order valence-corrected chi connectivity index (χ4v) is 1.79. The van der Waals surface area contributed by atoms with E-state index in [9.17, 15) is 0 Å². The van der Waals surface area contributed by atoms with E-state index in [4.69, 9.17) is 16.3 Å². The summed E-state index contributed by atoms with van der Waals surface area (Å²) >= 11 is 9.22. The van der Waals surface area contributed by atoms with Gasteiger partial charge in [-0.05, 0) is 24.6 Å². The highest BCUT2D eigenvalue weighted by Crippen LogP contribution is 2.21. The van der Waals surface area contributed by atoms with E-state index in [1.54, 1.807) is 12.3 Å². The molecule has 0 aliphatic heterocycles. The van der Waals surface area contributed by atoms with Gasteiger partial charge in [0.25, 0.3) is 0 Å². The van der Waals surface area contributed by atoms with Gasteiger partial charge in [0.05, 0.1) is 0 Å². The van der Waals surface area contributed by atoms with Crippen LogP contribution in [0.3, 0.4) is 0 Å². The summed E-state index contributed by atoms with van der Waals surface area (Å²) in [6.07, 6.45) is 1.71. The van der Waals surface area contributed by atoms with Gasteiger partial charge in [0, 0.05) is 22.3 Å². The smallest absolute Gasteiger partial charge is 0.132 e. The molecule has 0 bridgehead atoms. The summed E-state index contributed by atoms with van der Waals surface area (Å²) in [5, 5.41) is 0.446. The maximum atomic E-state index is 5.82. The zero-order chi connectivity index (χ0) is 12.3. The number of ether oxygens (including phenoxy) is 1. The number of aryl methyl sites for hydroxylation is 1. The van der Waals surface area contributed by atoms with Crippen molar-refractivity contribution >= 4 is 27.5 Å². The van der Waals surface area contributed by atoms with Crippen molar-refractivity contribution in [2.75, 3.05) is 0 Å². The van der Waals surface area contributed by atoms with Crippen molar-refractivity contribution in [3.63, 3.8) is 0 Å². The van der Waals surface area contributed by atoms with Gasteiger partial charge in [-0.3, -0.25) is 0 Å². The minimum Gasteiger partial charge on any atom is -0.488 e. The van der Waals surface area contributed by atoms with Gasteiger partial charge in [-0.1, -0.05) is 39.7 Å². The van der Waals surface area contributed by atoms with E-state index in [-0.39, 0.29) is 0 Å². The molecule has 1 heterocycles. The van der Waals surface area contributed by atoms with Crippen LogP contribution >= 0.6 is 27.5 Å². The molecular formula is C13H11BrClNO. The molecule has 17 heavy (non-hydrogen) atoms. The molecule has 0 fully saturated rings. The highest BCUT2D eigenvalue weighted by atomic mass is 79.9. The van der Waals surface area contributed by atoms with E-state index in [0.29, 0.717) is 11.8 Å². The lowest BCUT2D eigenvalue weighted by molar-refractivity contribution is 0.303. The van der Waals surface area contributed by atoms with Crippen LogP contribution in [-0.4, -0.2) is 4.98 Å². The van der Waals surface area contributed by atoms with Crippen molar-refractivity contribution in [2.24, 2.45) is 0 Å². The van der Waals surface area contributed by atoms with E-state index < -0.39 is 0 Å². The molecule has 1 aromatic heterocycles. The second-order valence-corrected chi connectivity index (χ2v) is 4.99. The number of hydrogen-bond acceptors (Lipinski definition) is 2. The van der Waals surface area contributed by atoms with Crippen molar-refractivity contribution in [3.05, 3.63) is 57.3 Å². The Kier molecular flexibility index (Phi) is 4.02. The molecule has 4 heteroatoms. The Morgan fingerprint density at radius 3 is 2.71 bits per heavy atom. The third kappa shape index (κ3) is 3.45. The van der Waals surface area contributed by atoms with E-state index in [0.717, 1.165) is 21.3 Å². The third-order valence-corrected chi connectivity index (χ3v) is 3.06. The SMILES string of the molecule is Cc1cnc(Cl)cc1OCc1ccc(Br)cc1. The molecule has 0 aliphatic carbocycles. The lowest BCUT2D eigenvalue weighted by Gasteiger charge is -2.09. The Balaban J connectivity index is 2.07. The van der Waals surface area contributed by atoms with Crippen LogP contribution in [0, 0.1) is 6.92 Å². The van der Waals surface area contributed by atoms with Crippen molar-refractivity contribution in [3.8, 4) is 5.75 Å². The van der Waals surface area contributed by atoms with Crippen LogP contribution in [0.2, 0.25) is 5.15 Å². The Morgan fingerprint density at radius 2 is 2.00 bits per heavy atom. The minimum atomic E-state index is 0.446. The Labute approximate surface area is 114 Å². The molecule has 0 aliphatic rings. The monoisotopic (exact) mass is 311 g/mol. The second kappa shape index (κ2) is 5.52. The summed E-state index contributed by atoms with van der Waals surface area (Å²) in [7, 11) is 0. The molecule has 2 rings (SSSR count). The van der Waals surface area contributed by atoms with E-state index in [1.807, 2.05) is 31.2 Å². The second-order valence-electron chi connectivity index (χ2n) is 3.69. The molecule has 0 radical (unpaired) electrons. The molecule has 2 nitrogen and oxygen atoms in total. The first-order chi connectivity index (χ1) is 8.15. The molecule has 0 spiro atoms. The van der Waals surface area contributed by atoms with Crippen LogP contribution in [-0.2, 0) is 6.61 Å². The molecule has 0 saturated carbocycles. The van der Waals surface area contributed by atoms with Crippen LogP contribution in [0.1, 0.15) is 11.1 Å². The van der Waals surface area contributed by atoms with Crippen LogP contribution in [0.15, 0.2) is 41.0 Å². The summed E-state index contributed by atoms with van der Waals surface area (Å²) in [5.74, 6) is 0.771. The Morgan fingerprint density at radius 1 is 1.29 bits per heavy atom. The lowest BCUT2D eigenvalue weighted by Crippen LogP contribution is -1.97. The number of halogens is 2. The topological polar surface area (TPSA) is 22.1 Å². The van der Waals surface area contributed by atoms with E-state index >= 15 is 0 Å². The Hall–Kier alpha value is -1.06. The highest BCUT2D eigenvalue weighted by molar-refractivity contribution is 9.10. The molecular weight excluding hydrogens is 302 g/mol. The summed E-state index contributed by atoms with van der Waals surface area (Å²) in [4.78, 5) is 3.99. The standard InChI is InChI=1S/C13H11BrClNO/c1-9-7-16-13(15)6-12(9)17-8-10-2-4-11(14)5-3-10/h2-7H,8H2,1H3. The first kappa shape index (κ1) is 12.4. The lowest BCUT2D eigenvalue weighted by atomic mass is 10.2. The van der Waals surface area contributed by atoms with Crippen LogP contribution in [0.25, 0.3) is 0 Å². The van der Waals surface area contributed by atoms with E-state index in [2.05, 4.69) is 20.9 Å². The molecule has 1 aromatic carbocycles. The number of aromatic nitrogens is 1. The minimum absolute atomic E-state index is 0.446. The van der Waals surface area contributed by atoms with Gasteiger partial charge in [0.2, 0.25) is 0 Å². The van der Waals surface area contributed by atoms with Crippen molar-refractivity contribution in [1.82, 2.24) is 4.98 Å². The van der Waals surface area contributed by atoms with Gasteiger partial charge in [-0.2, -0.15) is 0 Å². The van der Waals surface area contributed by atoms with Crippen molar-refractivity contribution in [2.45, 2.75) is 13.5 Å². The molecule has 88 valence electrons. The quantitative estimate of drug-likeness (QED) is 0.784. The van der Waals surface area contributed by atoms with Crippen LogP contribution in [0.5, 0.6) is 5.75 Å². The van der Waals surface area contributed by atoms with Crippen LogP contribution in [0.4, 0.5) is 0 Å². The molecule has 2 aromatic rings. The number of nitrogens with zero attached hydrogens (tertiary/aromatic N) is 1. The molecule has 0 N–H and O–H groups in total. The number of benzene rings is 1. The maximum Gasteiger partial charge on any atom is 0.132 e. The fraction of sp³-hybridized carbons (Fsp3) is 0.154. The van der Waals surface area contributed by atoms with Gasteiger partial charge < -0.3 is 4.74 Å². The first-order valence-corrected chi connectivity index (χ1v) is 6.31. The number of rotatable bonds is 3. The van der Waals surface area contributed by atoms with E-state index in [1.165, 1.54) is 0 Å². The van der Waals surface area contributed by atoms with Gasteiger partial charge in [-0.15, -0.1) is 0 Å². The zero-order valence-corrected chi connectivity index (χ0v) is 11.6. The average molecular weight is 313 g/mol. The average Bonchev–Trinajstić information content (AvgIpc) is 2.32. The predicted molar refractivity (Wildman–Crippen MR) is 72.5 cm³/mol. The maximum absolute atomic E-state index is 5.82. The van der Waals surface area contributed by atoms with Gasteiger partial charge >= 0.3 is 0 Å². The van der Waals surface area contributed by atoms with Gasteiger partial charge in [0.15, 0.2) is 0 Å². The molecule has 0 amide bonds. The molecule has 0 saturated heterocycles. The molecule has 0 atom stereocenters. The predicted octanol–water partition coefficient (Wildman–Crippen LogP) is 4.38. The summed E-state index contributed by atoms with van der Waals surface area (Å²) < 4.78 is 6.76. The van der Waals surface area contributed by atoms with Gasteiger partial charge in [-0.25, -0.2) is 4.98 Å². The van der Waals surface area contributed by atoms with Crippen LogP contribution < -0.4 is 4.74 Å². The largest absolute Gasteiger partial charge is 0.488 e. The third-order valence-electron chi connectivity index (χ3n) is 2.33. The number of hydrogen-bond donors (Lipinski definition) is 0. The highest BCUT2D eigenvalue weighted by Gasteiger charge is 2.02. The normalized spacial score (nSPS) is 10.3. The summed E-state index contributed by atoms with van der Waals surface area (Å²) in [6.45, 7) is 2.47. The summed E-state index contributed by atoms with van der Waals surface area (Å²) in [5.41, 5.74) is 2.09. The zero-order valence-electron chi connectivity index (χ0n) is 9.28. The summed E-state index contributed by atoms with van der Waals surface area (Å²) in [6, 6.07) is 9.75. The van der Waals surface area contributed by atoms with Crippen molar-refractivity contribution in [1.29, 1.82) is 0 Å². The van der Waals surface area contributed by atoms with Gasteiger partial charge in [0.1, 0.15) is 17.5 Å². The Bertz CT molecular complexity index is 513. The molecule has 0 unspecified atom stereocenters. The first-order valence-electron chi connectivity index (χ1n) is 5.14. The number of pyridine rings is 1.